The summed E-state index contributed by atoms with van der Waals surface area (Å²) >= 11 is 0. The summed E-state index contributed by atoms with van der Waals surface area (Å²) in [5, 5.41) is 0. The van der Waals surface area contributed by atoms with Crippen LogP contribution in [0.15, 0.2) is 4.79 Å². The topological polar surface area (TPSA) is 71.8 Å². The van der Waals surface area contributed by atoms with Crippen molar-refractivity contribution >= 4 is 5.82 Å². The maximum Gasteiger partial charge on any atom is 0.255 e. The van der Waals surface area contributed by atoms with Crippen molar-refractivity contribution in [2.75, 3.05) is 5.73 Å². The van der Waals surface area contributed by atoms with E-state index in [2.05, 4.69) is 16.9 Å². The molecule has 4 heteroatoms. The molecule has 4 nitrogen and oxygen atoms in total. The number of nitrogen functional groups attached to an aromatic ring is 1. The van der Waals surface area contributed by atoms with Crippen LogP contribution in [-0.4, -0.2) is 9.97 Å². The van der Waals surface area contributed by atoms with Crippen LogP contribution in [-0.2, 0) is 0 Å². The highest BCUT2D eigenvalue weighted by molar-refractivity contribution is 5.36. The fourth-order valence-electron chi connectivity index (χ4n) is 2.89. The van der Waals surface area contributed by atoms with Gasteiger partial charge in [-0.15, -0.1) is 0 Å². The Morgan fingerprint density at radius 3 is 2.56 bits per heavy atom. The Labute approximate surface area is 108 Å². The van der Waals surface area contributed by atoms with E-state index in [0.29, 0.717) is 17.3 Å². The number of hydrogen-bond donors (Lipinski definition) is 2. The molecule has 1 aromatic heterocycles. The molecule has 1 saturated carbocycles. The minimum Gasteiger partial charge on any atom is -0.383 e. The van der Waals surface area contributed by atoms with Crippen molar-refractivity contribution in [2.24, 2.45) is 5.92 Å². The van der Waals surface area contributed by atoms with Crippen molar-refractivity contribution in [1.82, 2.24) is 9.97 Å². The van der Waals surface area contributed by atoms with Crippen LogP contribution in [0.3, 0.4) is 0 Å². The molecule has 0 saturated heterocycles. The van der Waals surface area contributed by atoms with Crippen LogP contribution in [0.4, 0.5) is 5.82 Å². The number of H-pyrrole nitrogens is 1. The average Bonchev–Trinajstić information content (AvgIpc) is 2.37. The molecule has 18 heavy (non-hydrogen) atoms. The van der Waals surface area contributed by atoms with Gasteiger partial charge in [0.25, 0.3) is 5.56 Å². The molecule has 1 fully saturated rings. The highest BCUT2D eigenvalue weighted by Gasteiger charge is 2.24. The molecule has 1 aromatic rings. The molecule has 2 rings (SSSR count). The van der Waals surface area contributed by atoms with Gasteiger partial charge in [-0.05, 0) is 38.5 Å². The van der Waals surface area contributed by atoms with E-state index in [0.717, 1.165) is 24.6 Å². The summed E-state index contributed by atoms with van der Waals surface area (Å²) < 4.78 is 0. The highest BCUT2D eigenvalue weighted by atomic mass is 16.1. The van der Waals surface area contributed by atoms with Gasteiger partial charge in [0.05, 0.1) is 5.56 Å². The van der Waals surface area contributed by atoms with Gasteiger partial charge in [0.1, 0.15) is 11.6 Å². The van der Waals surface area contributed by atoms with Gasteiger partial charge in [-0.3, -0.25) is 4.79 Å². The third-order valence-electron chi connectivity index (χ3n) is 4.14. The summed E-state index contributed by atoms with van der Waals surface area (Å²) in [6.07, 6.45) is 7.33. The van der Waals surface area contributed by atoms with E-state index in [4.69, 9.17) is 5.73 Å². The van der Waals surface area contributed by atoms with Crippen molar-refractivity contribution < 1.29 is 0 Å². The van der Waals surface area contributed by atoms with Gasteiger partial charge < -0.3 is 10.7 Å². The number of anilines is 1. The average molecular weight is 249 g/mol. The molecule has 0 radical (unpaired) electrons. The Balaban J connectivity index is 2.08. The first-order valence-electron chi connectivity index (χ1n) is 6.98. The second kappa shape index (κ2) is 5.55. The molecule has 3 N–H and O–H groups in total. The minimum absolute atomic E-state index is 0.0896. The zero-order valence-corrected chi connectivity index (χ0v) is 11.3. The van der Waals surface area contributed by atoms with Crippen molar-refractivity contribution in [2.45, 2.75) is 58.3 Å². The Hall–Kier alpha value is -1.32. The second-order valence-electron chi connectivity index (χ2n) is 5.47. The van der Waals surface area contributed by atoms with E-state index in [9.17, 15) is 4.79 Å². The predicted molar refractivity (Wildman–Crippen MR) is 73.6 cm³/mol. The fourth-order valence-corrected chi connectivity index (χ4v) is 2.89. The van der Waals surface area contributed by atoms with Crippen LogP contribution in [0.5, 0.6) is 0 Å². The lowest BCUT2D eigenvalue weighted by Crippen LogP contribution is -2.22. The van der Waals surface area contributed by atoms with E-state index < -0.39 is 0 Å². The Morgan fingerprint density at radius 2 is 2.00 bits per heavy atom. The van der Waals surface area contributed by atoms with Crippen LogP contribution in [0.1, 0.15) is 62.8 Å². The lowest BCUT2D eigenvalue weighted by molar-refractivity contribution is 0.302. The first-order valence-corrected chi connectivity index (χ1v) is 6.98. The Bertz CT molecular complexity index is 459. The molecule has 1 aliphatic rings. The molecule has 0 unspecified atom stereocenters. The highest BCUT2D eigenvalue weighted by Crippen LogP contribution is 2.36. The van der Waals surface area contributed by atoms with Gasteiger partial charge in [-0.25, -0.2) is 4.98 Å². The molecule has 1 aliphatic carbocycles. The van der Waals surface area contributed by atoms with Crippen molar-refractivity contribution in [1.29, 1.82) is 0 Å². The van der Waals surface area contributed by atoms with Crippen LogP contribution >= 0.6 is 0 Å². The molecule has 0 aliphatic heterocycles. The summed E-state index contributed by atoms with van der Waals surface area (Å²) in [6.45, 7) is 3.95. The maximum absolute atomic E-state index is 11.7. The van der Waals surface area contributed by atoms with E-state index in [1.165, 1.54) is 25.7 Å². The first kappa shape index (κ1) is 13.1. The summed E-state index contributed by atoms with van der Waals surface area (Å²) in [6, 6.07) is 0. The third kappa shape index (κ3) is 2.74. The SMILES string of the molecule is CCCC1CCC(c2nc(N)c(C)c(=O)[nH]2)CC1. The molecule has 0 aromatic carbocycles. The smallest absolute Gasteiger partial charge is 0.255 e. The van der Waals surface area contributed by atoms with Crippen LogP contribution in [0.2, 0.25) is 0 Å². The lowest BCUT2D eigenvalue weighted by Gasteiger charge is -2.27. The van der Waals surface area contributed by atoms with E-state index in [-0.39, 0.29) is 5.56 Å². The second-order valence-corrected chi connectivity index (χ2v) is 5.47. The molecular formula is C14H23N3O. The minimum atomic E-state index is -0.0896. The summed E-state index contributed by atoms with van der Waals surface area (Å²) in [5.74, 6) is 2.41. The van der Waals surface area contributed by atoms with Crippen LogP contribution < -0.4 is 11.3 Å². The molecule has 0 atom stereocenters. The zero-order chi connectivity index (χ0) is 13.1. The summed E-state index contributed by atoms with van der Waals surface area (Å²) in [5.41, 5.74) is 6.21. The van der Waals surface area contributed by atoms with Gasteiger partial charge in [0, 0.05) is 5.92 Å². The van der Waals surface area contributed by atoms with Crippen molar-refractivity contribution in [3.8, 4) is 0 Å². The lowest BCUT2D eigenvalue weighted by atomic mass is 9.80. The molecule has 0 bridgehead atoms. The number of aromatic nitrogens is 2. The summed E-state index contributed by atoms with van der Waals surface area (Å²) in [4.78, 5) is 18.9. The van der Waals surface area contributed by atoms with Crippen molar-refractivity contribution in [3.05, 3.63) is 21.7 Å². The number of nitrogens with zero attached hydrogens (tertiary/aromatic N) is 1. The number of aromatic amines is 1. The van der Waals surface area contributed by atoms with Gasteiger partial charge >= 0.3 is 0 Å². The van der Waals surface area contributed by atoms with E-state index in [1.807, 2.05) is 0 Å². The fraction of sp³-hybridized carbons (Fsp3) is 0.714. The quantitative estimate of drug-likeness (QED) is 0.865. The molecule has 0 spiro atoms. The standard InChI is InChI=1S/C14H23N3O/c1-3-4-10-5-7-11(8-6-10)13-16-12(15)9(2)14(18)17-13/h10-11H,3-8H2,1-2H3,(H3,15,16,17,18). The van der Waals surface area contributed by atoms with Crippen LogP contribution in [0.25, 0.3) is 0 Å². The first-order chi connectivity index (χ1) is 8.61. The molecule has 1 heterocycles. The molecular weight excluding hydrogens is 226 g/mol. The largest absolute Gasteiger partial charge is 0.383 e. The van der Waals surface area contributed by atoms with Gasteiger partial charge in [0.15, 0.2) is 0 Å². The van der Waals surface area contributed by atoms with Crippen LogP contribution in [0, 0.1) is 12.8 Å². The van der Waals surface area contributed by atoms with E-state index >= 15 is 0 Å². The number of nitrogens with one attached hydrogen (secondary N) is 1. The van der Waals surface area contributed by atoms with Gasteiger partial charge in [-0.2, -0.15) is 0 Å². The Morgan fingerprint density at radius 1 is 1.33 bits per heavy atom. The Kier molecular flexibility index (Phi) is 4.04. The number of nitrogens with two attached hydrogens (primary N) is 1. The normalized spacial score (nSPS) is 24.1. The van der Waals surface area contributed by atoms with Crippen molar-refractivity contribution in [3.63, 3.8) is 0 Å². The summed E-state index contributed by atoms with van der Waals surface area (Å²) in [7, 11) is 0. The molecule has 100 valence electrons. The number of rotatable bonds is 3. The maximum atomic E-state index is 11.7. The van der Waals surface area contributed by atoms with E-state index in [1.54, 1.807) is 6.92 Å². The number of hydrogen-bond acceptors (Lipinski definition) is 3. The third-order valence-corrected chi connectivity index (χ3v) is 4.14. The monoisotopic (exact) mass is 249 g/mol. The zero-order valence-electron chi connectivity index (χ0n) is 11.3. The molecule has 0 amide bonds. The predicted octanol–water partition coefficient (Wildman–Crippen LogP) is 2.73. The van der Waals surface area contributed by atoms with Gasteiger partial charge in [-0.1, -0.05) is 19.8 Å². The van der Waals surface area contributed by atoms with Gasteiger partial charge in [0.2, 0.25) is 0 Å².